The lowest BCUT2D eigenvalue weighted by Crippen LogP contribution is -2.37. The molecule has 0 radical (unpaired) electrons. The lowest BCUT2D eigenvalue weighted by atomic mass is 9.86. The summed E-state index contributed by atoms with van der Waals surface area (Å²) in [5.74, 6) is 1.52. The number of guanidine groups is 1. The fraction of sp³-hybridized carbons (Fsp3) is 0.588. The molecule has 0 unspecified atom stereocenters. The Morgan fingerprint density at radius 3 is 2.32 bits per heavy atom. The average molecular weight is 419 g/mol. The van der Waals surface area contributed by atoms with Crippen LogP contribution in [-0.4, -0.2) is 37.1 Å². The molecule has 0 fully saturated rings. The van der Waals surface area contributed by atoms with E-state index in [1.807, 2.05) is 23.1 Å². The molecule has 1 aromatic rings. The van der Waals surface area contributed by atoms with E-state index in [2.05, 4.69) is 45.7 Å². The van der Waals surface area contributed by atoms with Gasteiger partial charge in [0.05, 0.1) is 6.54 Å². The molecule has 0 saturated carbocycles. The normalized spacial score (nSPS) is 11.8. The van der Waals surface area contributed by atoms with Gasteiger partial charge in [-0.3, -0.25) is 0 Å². The van der Waals surface area contributed by atoms with Crippen molar-refractivity contribution in [2.24, 2.45) is 10.7 Å². The molecule has 126 valence electrons. The third kappa shape index (κ3) is 6.42. The van der Waals surface area contributed by atoms with E-state index in [1.54, 1.807) is 0 Å². The van der Waals surface area contributed by atoms with Gasteiger partial charge in [-0.2, -0.15) is 0 Å². The van der Waals surface area contributed by atoms with Crippen LogP contribution in [0.2, 0.25) is 0 Å². The van der Waals surface area contributed by atoms with Gasteiger partial charge < -0.3 is 15.4 Å². The summed E-state index contributed by atoms with van der Waals surface area (Å²) in [4.78, 5) is 6.40. The van der Waals surface area contributed by atoms with E-state index in [-0.39, 0.29) is 29.4 Å². The maximum absolute atomic E-state index is 5.94. The van der Waals surface area contributed by atoms with E-state index in [0.29, 0.717) is 19.1 Å². The van der Waals surface area contributed by atoms with Gasteiger partial charge in [0.25, 0.3) is 0 Å². The van der Waals surface area contributed by atoms with E-state index >= 15 is 0 Å². The maximum Gasteiger partial charge on any atom is 0.191 e. The van der Waals surface area contributed by atoms with Crippen LogP contribution < -0.4 is 10.5 Å². The molecule has 5 heteroatoms. The number of hydrogen-bond donors (Lipinski definition) is 1. The molecular weight excluding hydrogens is 389 g/mol. The summed E-state index contributed by atoms with van der Waals surface area (Å²) in [7, 11) is 0. The van der Waals surface area contributed by atoms with Crippen molar-refractivity contribution in [1.29, 1.82) is 0 Å². The molecule has 4 nitrogen and oxygen atoms in total. The van der Waals surface area contributed by atoms with Gasteiger partial charge in [0.15, 0.2) is 5.96 Å². The lowest BCUT2D eigenvalue weighted by Gasteiger charge is -2.22. The first kappa shape index (κ1) is 21.0. The van der Waals surface area contributed by atoms with E-state index < -0.39 is 0 Å². The molecule has 2 N–H and O–H groups in total. The number of halogens is 1. The predicted molar refractivity (Wildman–Crippen MR) is 105 cm³/mol. The zero-order valence-corrected chi connectivity index (χ0v) is 16.8. The van der Waals surface area contributed by atoms with Crippen molar-refractivity contribution in [3.63, 3.8) is 0 Å². The zero-order valence-electron chi connectivity index (χ0n) is 14.4. The summed E-state index contributed by atoms with van der Waals surface area (Å²) < 4.78 is 5.88. The van der Waals surface area contributed by atoms with Crippen molar-refractivity contribution in [2.45, 2.75) is 40.0 Å². The highest BCUT2D eigenvalue weighted by atomic mass is 127. The second kappa shape index (κ2) is 9.92. The number of para-hydroxylation sites is 1. The molecule has 0 heterocycles. The molecule has 1 rings (SSSR count). The molecule has 0 atom stereocenters. The Hall–Kier alpha value is -0.980. The Bertz CT molecular complexity index is 465. The van der Waals surface area contributed by atoms with Crippen LogP contribution in [0.5, 0.6) is 5.75 Å². The second-order valence-electron chi connectivity index (χ2n) is 6.01. The van der Waals surface area contributed by atoms with Crippen molar-refractivity contribution in [1.82, 2.24) is 4.90 Å². The summed E-state index contributed by atoms with van der Waals surface area (Å²) in [6, 6.07) is 8.17. The number of ether oxygens (including phenoxy) is 1. The third-order valence-corrected chi connectivity index (χ3v) is 3.41. The number of nitrogens with two attached hydrogens (primary N) is 1. The minimum Gasteiger partial charge on any atom is -0.491 e. The van der Waals surface area contributed by atoms with Crippen molar-refractivity contribution < 1.29 is 4.74 Å². The van der Waals surface area contributed by atoms with Crippen LogP contribution in [0.4, 0.5) is 0 Å². The smallest absolute Gasteiger partial charge is 0.191 e. The van der Waals surface area contributed by atoms with Crippen molar-refractivity contribution in [3.05, 3.63) is 29.8 Å². The molecule has 0 aliphatic heterocycles. The number of hydrogen-bond acceptors (Lipinski definition) is 2. The minimum absolute atomic E-state index is 0. The van der Waals surface area contributed by atoms with Gasteiger partial charge in [-0.25, -0.2) is 4.99 Å². The highest BCUT2D eigenvalue weighted by molar-refractivity contribution is 14.0. The fourth-order valence-corrected chi connectivity index (χ4v) is 2.18. The molecule has 0 aromatic heterocycles. The molecule has 0 aliphatic rings. The number of benzene rings is 1. The molecule has 0 amide bonds. The monoisotopic (exact) mass is 419 g/mol. The minimum atomic E-state index is 0. The summed E-state index contributed by atoms with van der Waals surface area (Å²) >= 11 is 0. The summed E-state index contributed by atoms with van der Waals surface area (Å²) in [5, 5.41) is 0. The van der Waals surface area contributed by atoms with Crippen molar-refractivity contribution in [2.75, 3.05) is 26.2 Å². The molecule has 0 spiro atoms. The SMILES string of the molecule is CCN(CC)C(N)=NCCOc1ccccc1C(C)(C)C.I. The van der Waals surface area contributed by atoms with Crippen LogP contribution in [0.25, 0.3) is 0 Å². The van der Waals surface area contributed by atoms with E-state index in [9.17, 15) is 0 Å². The van der Waals surface area contributed by atoms with Crippen molar-refractivity contribution in [3.8, 4) is 5.75 Å². The second-order valence-corrected chi connectivity index (χ2v) is 6.01. The van der Waals surface area contributed by atoms with E-state index in [4.69, 9.17) is 10.5 Å². The third-order valence-electron chi connectivity index (χ3n) is 3.41. The van der Waals surface area contributed by atoms with E-state index in [1.165, 1.54) is 5.56 Å². The summed E-state index contributed by atoms with van der Waals surface area (Å²) in [6.07, 6.45) is 0. The summed E-state index contributed by atoms with van der Waals surface area (Å²) in [6.45, 7) is 13.6. The lowest BCUT2D eigenvalue weighted by molar-refractivity contribution is 0.318. The van der Waals surface area contributed by atoms with Crippen LogP contribution in [0.1, 0.15) is 40.2 Å². The van der Waals surface area contributed by atoms with Crippen LogP contribution in [0.3, 0.4) is 0 Å². The molecule has 22 heavy (non-hydrogen) atoms. The molecule has 0 saturated heterocycles. The van der Waals surface area contributed by atoms with Gasteiger partial charge >= 0.3 is 0 Å². The van der Waals surface area contributed by atoms with Gasteiger partial charge in [0.2, 0.25) is 0 Å². The first-order valence-electron chi connectivity index (χ1n) is 7.67. The first-order valence-corrected chi connectivity index (χ1v) is 7.67. The van der Waals surface area contributed by atoms with Gasteiger partial charge in [0, 0.05) is 13.1 Å². The zero-order chi connectivity index (χ0) is 15.9. The Balaban J connectivity index is 0.00000441. The van der Waals surface area contributed by atoms with Crippen LogP contribution in [0.15, 0.2) is 29.3 Å². The largest absolute Gasteiger partial charge is 0.491 e. The van der Waals surface area contributed by atoms with Gasteiger partial charge in [-0.1, -0.05) is 39.0 Å². The van der Waals surface area contributed by atoms with Crippen LogP contribution >= 0.6 is 24.0 Å². The molecule has 0 bridgehead atoms. The quantitative estimate of drug-likeness (QED) is 0.332. The highest BCUT2D eigenvalue weighted by Gasteiger charge is 2.18. The Morgan fingerprint density at radius 2 is 1.77 bits per heavy atom. The number of nitrogens with zero attached hydrogens (tertiary/aromatic N) is 2. The summed E-state index contributed by atoms with van der Waals surface area (Å²) in [5.41, 5.74) is 7.22. The Morgan fingerprint density at radius 1 is 1.18 bits per heavy atom. The number of aliphatic imine (C=N–C) groups is 1. The first-order chi connectivity index (χ1) is 9.90. The topological polar surface area (TPSA) is 50.8 Å². The van der Waals surface area contributed by atoms with Gasteiger partial charge in [-0.15, -0.1) is 24.0 Å². The van der Waals surface area contributed by atoms with Crippen LogP contribution in [0, 0.1) is 0 Å². The van der Waals surface area contributed by atoms with Gasteiger partial charge in [-0.05, 0) is 30.9 Å². The standard InChI is InChI=1S/C17H29N3O.HI/c1-6-20(7-2)16(18)19-12-13-21-15-11-9-8-10-14(15)17(3,4)5;/h8-11H,6-7,12-13H2,1-5H3,(H2,18,19);1H. The fourth-order valence-electron chi connectivity index (χ4n) is 2.18. The predicted octanol–water partition coefficient (Wildman–Crippen LogP) is 3.64. The van der Waals surface area contributed by atoms with Gasteiger partial charge in [0.1, 0.15) is 12.4 Å². The van der Waals surface area contributed by atoms with E-state index in [0.717, 1.165) is 18.8 Å². The molecule has 1 aromatic carbocycles. The Labute approximate surface area is 152 Å². The molecular formula is C17H30IN3O. The van der Waals surface area contributed by atoms with Crippen LogP contribution in [-0.2, 0) is 5.41 Å². The van der Waals surface area contributed by atoms with Crippen molar-refractivity contribution >= 4 is 29.9 Å². The maximum atomic E-state index is 5.94. The molecule has 0 aliphatic carbocycles. The number of rotatable bonds is 6. The highest BCUT2D eigenvalue weighted by Crippen LogP contribution is 2.30. The average Bonchev–Trinajstić information content (AvgIpc) is 2.44. The Kier molecular flexibility index (Phi) is 9.48.